The molecule has 6 nitrogen and oxygen atoms in total. The van der Waals surface area contributed by atoms with Crippen LogP contribution in [0, 0.1) is 0 Å². The number of rotatable bonds is 4. The summed E-state index contributed by atoms with van der Waals surface area (Å²) in [6.45, 7) is 6.13. The van der Waals surface area contributed by atoms with Crippen LogP contribution in [0.4, 0.5) is 5.82 Å². The number of nitrogens with zero attached hydrogens (tertiary/aromatic N) is 2. The number of carbonyl (C=O) groups excluding carboxylic acids is 2. The summed E-state index contributed by atoms with van der Waals surface area (Å²) in [4.78, 5) is 32.2. The zero-order chi connectivity index (χ0) is 22.2. The standard InChI is InChI=1S/C26H25N3O3/c1-16-14-29(15-17(2)32-16)24-10-7-18(12-27-24)13-28-26(31)19-8-9-21-20-5-3-4-6-22(20)25(30)23(21)11-19/h3-12,16-17H,13-15H2,1-2H3,(H,28,31). The Hall–Kier alpha value is -3.51. The highest BCUT2D eigenvalue weighted by molar-refractivity contribution is 6.22. The van der Waals surface area contributed by atoms with Gasteiger partial charge in [-0.25, -0.2) is 4.98 Å². The third-order valence-electron chi connectivity index (χ3n) is 5.99. The minimum Gasteiger partial charge on any atom is -0.372 e. The number of hydrogen-bond donors (Lipinski definition) is 1. The number of amides is 1. The lowest BCUT2D eigenvalue weighted by Crippen LogP contribution is -2.45. The molecule has 1 N–H and O–H groups in total. The SMILES string of the molecule is CC1CN(c2ccc(CNC(=O)c3ccc4c(c3)C(=O)c3ccccc3-4)cn2)CC(C)O1. The minimum atomic E-state index is -0.212. The Balaban J connectivity index is 1.24. The summed E-state index contributed by atoms with van der Waals surface area (Å²) in [6, 6.07) is 16.8. The highest BCUT2D eigenvalue weighted by Gasteiger charge is 2.27. The van der Waals surface area contributed by atoms with Crippen LogP contribution in [-0.4, -0.2) is 42.0 Å². The van der Waals surface area contributed by atoms with Gasteiger partial charge in [-0.1, -0.05) is 36.4 Å². The van der Waals surface area contributed by atoms with Crippen LogP contribution in [-0.2, 0) is 11.3 Å². The van der Waals surface area contributed by atoms with Gasteiger partial charge in [-0.05, 0) is 48.7 Å². The molecule has 0 spiro atoms. The fourth-order valence-electron chi connectivity index (χ4n) is 4.53. The van der Waals surface area contributed by atoms with E-state index in [0.29, 0.717) is 23.2 Å². The molecule has 1 amide bonds. The lowest BCUT2D eigenvalue weighted by molar-refractivity contribution is -0.00546. The van der Waals surface area contributed by atoms with Crippen molar-refractivity contribution in [2.24, 2.45) is 0 Å². The molecular weight excluding hydrogens is 402 g/mol. The predicted molar refractivity (Wildman–Crippen MR) is 123 cm³/mol. The quantitative estimate of drug-likeness (QED) is 0.536. The Morgan fingerprint density at radius 1 is 1.00 bits per heavy atom. The van der Waals surface area contributed by atoms with Gasteiger partial charge in [0.05, 0.1) is 12.2 Å². The molecule has 0 saturated carbocycles. The minimum absolute atomic E-state index is 0.0308. The van der Waals surface area contributed by atoms with Crippen molar-refractivity contribution in [1.82, 2.24) is 10.3 Å². The van der Waals surface area contributed by atoms with Gasteiger partial charge in [-0.15, -0.1) is 0 Å². The fourth-order valence-corrected chi connectivity index (χ4v) is 4.53. The van der Waals surface area contributed by atoms with Crippen LogP contribution in [0.1, 0.15) is 45.7 Å². The van der Waals surface area contributed by atoms with Crippen LogP contribution >= 0.6 is 0 Å². The van der Waals surface area contributed by atoms with Gasteiger partial charge in [-0.2, -0.15) is 0 Å². The van der Waals surface area contributed by atoms with Crippen molar-refractivity contribution in [2.45, 2.75) is 32.6 Å². The van der Waals surface area contributed by atoms with E-state index in [4.69, 9.17) is 4.74 Å². The lowest BCUT2D eigenvalue weighted by atomic mass is 10.0. The number of carbonyl (C=O) groups is 2. The normalized spacial score (nSPS) is 19.4. The number of anilines is 1. The van der Waals surface area contributed by atoms with E-state index >= 15 is 0 Å². The molecule has 2 atom stereocenters. The Labute approximate surface area is 187 Å². The van der Waals surface area contributed by atoms with Gasteiger partial charge in [0, 0.05) is 42.5 Å². The summed E-state index contributed by atoms with van der Waals surface area (Å²) >= 11 is 0. The van der Waals surface area contributed by atoms with Gasteiger partial charge >= 0.3 is 0 Å². The molecule has 32 heavy (non-hydrogen) atoms. The van der Waals surface area contributed by atoms with Gasteiger partial charge in [0.1, 0.15) is 5.82 Å². The van der Waals surface area contributed by atoms with E-state index in [9.17, 15) is 9.59 Å². The van der Waals surface area contributed by atoms with Gasteiger partial charge in [0.25, 0.3) is 5.91 Å². The largest absolute Gasteiger partial charge is 0.372 e. The van der Waals surface area contributed by atoms with Crippen molar-refractivity contribution in [1.29, 1.82) is 0 Å². The Morgan fingerprint density at radius 3 is 2.44 bits per heavy atom. The van der Waals surface area contributed by atoms with E-state index in [0.717, 1.165) is 35.6 Å². The molecule has 1 fully saturated rings. The Bertz CT molecular complexity index is 1180. The number of nitrogens with one attached hydrogen (secondary N) is 1. The predicted octanol–water partition coefficient (Wildman–Crippen LogP) is 3.84. The van der Waals surface area contributed by atoms with Crippen molar-refractivity contribution in [3.05, 3.63) is 83.0 Å². The third kappa shape index (κ3) is 3.78. The summed E-state index contributed by atoms with van der Waals surface area (Å²) in [7, 11) is 0. The van der Waals surface area contributed by atoms with Crippen molar-refractivity contribution in [2.75, 3.05) is 18.0 Å². The molecule has 2 aliphatic rings. The number of pyridine rings is 1. The summed E-state index contributed by atoms with van der Waals surface area (Å²) in [5, 5.41) is 2.93. The van der Waals surface area contributed by atoms with Crippen molar-refractivity contribution in [3.63, 3.8) is 0 Å². The van der Waals surface area contributed by atoms with Crippen molar-refractivity contribution in [3.8, 4) is 11.1 Å². The molecule has 5 rings (SSSR count). The van der Waals surface area contributed by atoms with Gasteiger partial charge in [0.15, 0.2) is 5.78 Å². The van der Waals surface area contributed by atoms with E-state index < -0.39 is 0 Å². The highest BCUT2D eigenvalue weighted by Crippen LogP contribution is 2.36. The number of ketones is 1. The zero-order valence-electron chi connectivity index (χ0n) is 18.2. The highest BCUT2D eigenvalue weighted by atomic mass is 16.5. The molecule has 3 aromatic rings. The molecule has 6 heteroatoms. The summed E-state index contributed by atoms with van der Waals surface area (Å²) in [5.41, 5.74) is 4.48. The Kier molecular flexibility index (Phi) is 5.23. The number of ether oxygens (including phenoxy) is 1. The first-order chi connectivity index (χ1) is 15.5. The van der Waals surface area contributed by atoms with E-state index in [-0.39, 0.29) is 23.9 Å². The first-order valence-corrected chi connectivity index (χ1v) is 10.9. The van der Waals surface area contributed by atoms with E-state index in [1.807, 2.05) is 42.5 Å². The molecule has 1 aliphatic heterocycles. The lowest BCUT2D eigenvalue weighted by Gasteiger charge is -2.36. The second-order valence-corrected chi connectivity index (χ2v) is 8.50. The Morgan fingerprint density at radius 2 is 1.72 bits per heavy atom. The van der Waals surface area contributed by atoms with Crippen LogP contribution in [0.25, 0.3) is 11.1 Å². The van der Waals surface area contributed by atoms with Crippen LogP contribution in [0.5, 0.6) is 0 Å². The molecule has 162 valence electrons. The smallest absolute Gasteiger partial charge is 0.251 e. The third-order valence-corrected chi connectivity index (χ3v) is 5.99. The number of hydrogen-bond acceptors (Lipinski definition) is 5. The molecule has 1 saturated heterocycles. The van der Waals surface area contributed by atoms with E-state index in [2.05, 4.69) is 29.0 Å². The molecule has 1 aromatic heterocycles. The monoisotopic (exact) mass is 427 g/mol. The van der Waals surface area contributed by atoms with Crippen LogP contribution in [0.2, 0.25) is 0 Å². The number of fused-ring (bicyclic) bond motifs is 3. The molecular formula is C26H25N3O3. The van der Waals surface area contributed by atoms with Gasteiger partial charge < -0.3 is 15.0 Å². The summed E-state index contributed by atoms with van der Waals surface area (Å²) < 4.78 is 5.78. The maximum Gasteiger partial charge on any atom is 0.251 e. The average molecular weight is 428 g/mol. The first-order valence-electron chi connectivity index (χ1n) is 10.9. The van der Waals surface area contributed by atoms with E-state index in [1.54, 1.807) is 18.3 Å². The molecule has 0 radical (unpaired) electrons. The first kappa shape index (κ1) is 20.4. The van der Waals surface area contributed by atoms with Crippen LogP contribution in [0.3, 0.4) is 0 Å². The molecule has 1 aliphatic carbocycles. The second-order valence-electron chi connectivity index (χ2n) is 8.50. The number of morpholine rings is 1. The molecule has 2 aromatic carbocycles. The number of benzene rings is 2. The molecule has 2 unspecified atom stereocenters. The maximum atomic E-state index is 12.7. The van der Waals surface area contributed by atoms with Crippen LogP contribution < -0.4 is 10.2 Å². The fraction of sp³-hybridized carbons (Fsp3) is 0.269. The van der Waals surface area contributed by atoms with Gasteiger partial charge in [-0.3, -0.25) is 9.59 Å². The second kappa shape index (κ2) is 8.20. The van der Waals surface area contributed by atoms with Crippen LogP contribution in [0.15, 0.2) is 60.8 Å². The molecule has 2 heterocycles. The van der Waals surface area contributed by atoms with Crippen molar-refractivity contribution >= 4 is 17.5 Å². The average Bonchev–Trinajstić information content (AvgIpc) is 3.09. The zero-order valence-corrected chi connectivity index (χ0v) is 18.2. The summed E-state index contributed by atoms with van der Waals surface area (Å²) in [5.74, 6) is 0.673. The maximum absolute atomic E-state index is 12.7. The van der Waals surface area contributed by atoms with E-state index in [1.165, 1.54) is 0 Å². The number of aromatic nitrogens is 1. The molecule has 0 bridgehead atoms. The van der Waals surface area contributed by atoms with Gasteiger partial charge in [0.2, 0.25) is 0 Å². The summed E-state index contributed by atoms with van der Waals surface area (Å²) in [6.07, 6.45) is 2.14. The van der Waals surface area contributed by atoms with Crippen molar-refractivity contribution < 1.29 is 14.3 Å². The topological polar surface area (TPSA) is 71.5 Å².